The summed E-state index contributed by atoms with van der Waals surface area (Å²) in [4.78, 5) is 0. The van der Waals surface area contributed by atoms with E-state index in [4.69, 9.17) is 9.11 Å². The second kappa shape index (κ2) is 1.11. The lowest BCUT2D eigenvalue weighted by molar-refractivity contribution is 0.491. The Morgan fingerprint density at radius 3 is 1.20 bits per heavy atom. The minimum atomic E-state index is -3.17. The molecule has 5 heavy (non-hydrogen) atoms. The van der Waals surface area contributed by atoms with Crippen LogP contribution in [0.25, 0.3) is 0 Å². The molecule has 0 amide bonds. The molecule has 0 aromatic carbocycles. The quantitative estimate of drug-likeness (QED) is 0.328. The van der Waals surface area contributed by atoms with Crippen LogP contribution in [0.3, 0.4) is 0 Å². The monoisotopic (exact) mass is 98.0 g/mol. The third-order valence-corrected chi connectivity index (χ3v) is 0. The van der Waals surface area contributed by atoms with E-state index in [1.807, 2.05) is 0 Å². The highest BCUT2D eigenvalue weighted by atomic mass is 32.3. The van der Waals surface area contributed by atoms with E-state index < -0.39 is 11.0 Å². The molecule has 34 valence electrons. The number of rotatable bonds is 0. The second-order valence-corrected chi connectivity index (χ2v) is 1.92. The van der Waals surface area contributed by atoms with Crippen LogP contribution in [0, 0.1) is 0 Å². The Hall–Kier alpha value is 0.190. The molecule has 6 N–H and O–H groups in total. The largest absolute Gasteiger partial charge is 0.273 e. The van der Waals surface area contributed by atoms with Gasteiger partial charge in [0.25, 0.3) is 0 Å². The maximum atomic E-state index is 7.72. The molecular formula is H6N2O2S. The zero-order chi connectivity index (χ0) is 4.50. The van der Waals surface area contributed by atoms with Crippen LogP contribution < -0.4 is 10.3 Å². The number of hydrogen-bond donors (Lipinski definition) is 4. The Labute approximate surface area is 31.4 Å². The highest BCUT2D eigenvalue weighted by Crippen LogP contribution is 2.12. The van der Waals surface area contributed by atoms with E-state index >= 15 is 0 Å². The van der Waals surface area contributed by atoms with Crippen molar-refractivity contribution >= 4 is 11.0 Å². The fourth-order valence-corrected chi connectivity index (χ4v) is 0. The SMILES string of the molecule is NS(N)(O)O. The van der Waals surface area contributed by atoms with Gasteiger partial charge in [0.2, 0.25) is 0 Å². The van der Waals surface area contributed by atoms with Crippen LogP contribution >= 0.6 is 11.0 Å². The molecule has 0 bridgehead atoms. The molecule has 0 aliphatic heterocycles. The first-order valence-corrected chi connectivity index (χ1v) is 2.51. The molecule has 0 rings (SSSR count). The summed E-state index contributed by atoms with van der Waals surface area (Å²) in [6, 6.07) is 0. The van der Waals surface area contributed by atoms with Crippen molar-refractivity contribution in [3.8, 4) is 0 Å². The Morgan fingerprint density at radius 1 is 1.20 bits per heavy atom. The molecule has 0 aromatic heterocycles. The van der Waals surface area contributed by atoms with Crippen LogP contribution in [0.15, 0.2) is 0 Å². The average Bonchev–Trinajstić information content (AvgIpc) is 0.722. The standard InChI is InChI=1S/H6N2O2S/c1-5(2,3)4/h3-4H,1-2H2. The summed E-state index contributed by atoms with van der Waals surface area (Å²) in [5, 5.41) is 8.65. The average molecular weight is 98.1 g/mol. The molecule has 0 unspecified atom stereocenters. The van der Waals surface area contributed by atoms with Crippen molar-refractivity contribution in [1.82, 2.24) is 0 Å². The maximum Gasteiger partial charge on any atom is -0.0817 e. The Balaban J connectivity index is 3.02. The molecule has 0 saturated carbocycles. The fourth-order valence-electron chi connectivity index (χ4n) is 0. The first-order chi connectivity index (χ1) is 2.00. The minimum absolute atomic E-state index is 3.17. The molecule has 0 aliphatic carbocycles. The highest BCUT2D eigenvalue weighted by Gasteiger charge is 1.84. The molecule has 0 aliphatic rings. The van der Waals surface area contributed by atoms with Gasteiger partial charge in [-0.25, -0.2) is 10.3 Å². The van der Waals surface area contributed by atoms with Gasteiger partial charge in [0.1, 0.15) is 0 Å². The summed E-state index contributed by atoms with van der Waals surface area (Å²) >= 11 is 0. The molecule has 0 heterocycles. The smallest absolute Gasteiger partial charge is 0.0817 e. The van der Waals surface area contributed by atoms with E-state index in [2.05, 4.69) is 10.3 Å². The third-order valence-electron chi connectivity index (χ3n) is 0. The fraction of sp³-hybridized carbons (Fsp3) is 0. The normalized spacial score (nSPS) is 15.2. The lowest BCUT2D eigenvalue weighted by Crippen LogP contribution is -2.16. The lowest BCUT2D eigenvalue weighted by atomic mass is 13.9. The molecule has 0 atom stereocenters. The molecule has 0 spiro atoms. The second-order valence-electron chi connectivity index (χ2n) is 0.639. The van der Waals surface area contributed by atoms with Gasteiger partial charge in [0.05, 0.1) is 0 Å². The topological polar surface area (TPSA) is 92.5 Å². The minimum Gasteiger partial charge on any atom is -0.273 e. The van der Waals surface area contributed by atoms with Crippen molar-refractivity contribution in [2.45, 2.75) is 0 Å². The highest BCUT2D eigenvalue weighted by molar-refractivity contribution is 8.20. The summed E-state index contributed by atoms with van der Waals surface area (Å²) < 4.78 is 15.4. The van der Waals surface area contributed by atoms with Crippen LogP contribution in [0.4, 0.5) is 0 Å². The van der Waals surface area contributed by atoms with Gasteiger partial charge in [-0.2, -0.15) is 0 Å². The van der Waals surface area contributed by atoms with Crippen molar-refractivity contribution in [3.05, 3.63) is 0 Å². The van der Waals surface area contributed by atoms with Crippen molar-refractivity contribution in [1.29, 1.82) is 0 Å². The van der Waals surface area contributed by atoms with Crippen LogP contribution in [0.5, 0.6) is 0 Å². The van der Waals surface area contributed by atoms with Crippen LogP contribution in [-0.2, 0) is 0 Å². The van der Waals surface area contributed by atoms with Gasteiger partial charge in [-0.3, -0.25) is 9.11 Å². The van der Waals surface area contributed by atoms with Crippen molar-refractivity contribution in [2.75, 3.05) is 0 Å². The van der Waals surface area contributed by atoms with E-state index in [0.29, 0.717) is 0 Å². The van der Waals surface area contributed by atoms with E-state index in [1.54, 1.807) is 0 Å². The van der Waals surface area contributed by atoms with Gasteiger partial charge < -0.3 is 0 Å². The van der Waals surface area contributed by atoms with E-state index in [-0.39, 0.29) is 0 Å². The van der Waals surface area contributed by atoms with Gasteiger partial charge in [-0.15, -0.1) is 0 Å². The van der Waals surface area contributed by atoms with E-state index in [9.17, 15) is 0 Å². The van der Waals surface area contributed by atoms with Gasteiger partial charge in [0, 0.05) is 0 Å². The Kier molecular flexibility index (Phi) is 1.16. The lowest BCUT2D eigenvalue weighted by Gasteiger charge is -2.16. The summed E-state index contributed by atoms with van der Waals surface area (Å²) in [5.41, 5.74) is 0. The van der Waals surface area contributed by atoms with E-state index in [0.717, 1.165) is 0 Å². The van der Waals surface area contributed by atoms with Crippen molar-refractivity contribution in [3.63, 3.8) is 0 Å². The summed E-state index contributed by atoms with van der Waals surface area (Å²) in [6.07, 6.45) is 0. The molecular weight excluding hydrogens is 92.1 g/mol. The predicted octanol–water partition coefficient (Wildman–Crippen LogP) is -0.516. The van der Waals surface area contributed by atoms with E-state index in [1.165, 1.54) is 0 Å². The van der Waals surface area contributed by atoms with Gasteiger partial charge in [-0.1, -0.05) is 11.0 Å². The Bertz CT molecular complexity index is 23.1. The predicted molar refractivity (Wildman–Crippen MR) is 21.2 cm³/mol. The molecule has 0 radical (unpaired) electrons. The molecule has 5 heteroatoms. The van der Waals surface area contributed by atoms with Gasteiger partial charge in [0.15, 0.2) is 0 Å². The number of hydrogen-bond acceptors (Lipinski definition) is 4. The number of nitrogens with two attached hydrogens (primary N) is 2. The molecule has 4 nitrogen and oxygen atoms in total. The zero-order valence-electron chi connectivity index (χ0n) is 2.46. The van der Waals surface area contributed by atoms with Crippen molar-refractivity contribution < 1.29 is 9.11 Å². The summed E-state index contributed by atoms with van der Waals surface area (Å²) in [6.45, 7) is 0. The van der Waals surface area contributed by atoms with Crippen LogP contribution in [0.1, 0.15) is 0 Å². The Morgan fingerprint density at radius 2 is 1.20 bits per heavy atom. The summed E-state index contributed by atoms with van der Waals surface area (Å²) in [5.74, 6) is 0. The first-order valence-electron chi connectivity index (χ1n) is 0.837. The molecule has 0 fully saturated rings. The molecule has 0 saturated heterocycles. The molecule has 0 aromatic rings. The van der Waals surface area contributed by atoms with Crippen molar-refractivity contribution in [2.24, 2.45) is 10.3 Å². The zero-order valence-corrected chi connectivity index (χ0v) is 3.27. The maximum absolute atomic E-state index is 7.72. The van der Waals surface area contributed by atoms with Gasteiger partial charge >= 0.3 is 0 Å². The first kappa shape index (κ1) is 5.19. The summed E-state index contributed by atoms with van der Waals surface area (Å²) in [7, 11) is -3.17. The third kappa shape index (κ3) is 557. The van der Waals surface area contributed by atoms with Gasteiger partial charge in [-0.05, 0) is 0 Å². The van der Waals surface area contributed by atoms with Crippen LogP contribution in [0.2, 0.25) is 0 Å². The van der Waals surface area contributed by atoms with Crippen LogP contribution in [-0.4, -0.2) is 9.11 Å².